The van der Waals surface area contributed by atoms with Gasteiger partial charge in [0.15, 0.2) is 11.5 Å². The topological polar surface area (TPSA) is 30.5 Å². The second kappa shape index (κ2) is 6.16. The van der Waals surface area contributed by atoms with Gasteiger partial charge in [-0.3, -0.25) is 0 Å². The number of benzene rings is 2. The van der Waals surface area contributed by atoms with Crippen LogP contribution in [0.2, 0.25) is 5.02 Å². The predicted molar refractivity (Wildman–Crippen MR) is 88.6 cm³/mol. The molecule has 2 aromatic carbocycles. The third kappa shape index (κ3) is 3.27. The van der Waals surface area contributed by atoms with Crippen LogP contribution in [0.15, 0.2) is 34.8 Å². The van der Waals surface area contributed by atoms with E-state index in [1.807, 2.05) is 6.07 Å². The molecule has 3 rings (SSSR count). The summed E-state index contributed by atoms with van der Waals surface area (Å²) in [6.45, 7) is 3.88. The maximum Gasteiger partial charge on any atom is 0.163 e. The average Bonchev–Trinajstić information content (AvgIpc) is 2.46. The molecule has 0 fully saturated rings. The Kier molecular flexibility index (Phi) is 4.27. The van der Waals surface area contributed by atoms with Crippen molar-refractivity contribution < 1.29 is 9.47 Å². The van der Waals surface area contributed by atoms with E-state index in [9.17, 15) is 0 Å². The summed E-state index contributed by atoms with van der Waals surface area (Å²) in [6.07, 6.45) is 0. The summed E-state index contributed by atoms with van der Waals surface area (Å²) in [6, 6.07) is 9.97. The number of nitrogens with one attached hydrogen (secondary N) is 1. The van der Waals surface area contributed by atoms with Crippen LogP contribution in [-0.2, 0) is 6.54 Å². The molecule has 2 aromatic rings. The van der Waals surface area contributed by atoms with Crippen LogP contribution in [0, 0.1) is 6.92 Å². The van der Waals surface area contributed by atoms with E-state index in [2.05, 4.69) is 46.4 Å². The first-order chi connectivity index (χ1) is 10.1. The summed E-state index contributed by atoms with van der Waals surface area (Å²) >= 11 is 9.86. The van der Waals surface area contributed by atoms with Crippen molar-refractivity contribution in [3.05, 3.63) is 51.0 Å². The van der Waals surface area contributed by atoms with Crippen LogP contribution in [0.25, 0.3) is 0 Å². The number of rotatable bonds is 3. The van der Waals surface area contributed by atoms with Crippen LogP contribution in [0.4, 0.5) is 5.69 Å². The molecule has 5 heteroatoms. The standard InChI is InChI=1S/C16H15BrClNO2/c1-10-2-3-11(12(17)6-10)9-19-14-8-16-15(7-13(14)18)20-4-5-21-16/h2-3,6-8,19H,4-5,9H2,1H3. The van der Waals surface area contributed by atoms with Crippen LogP contribution in [0.1, 0.15) is 11.1 Å². The van der Waals surface area contributed by atoms with E-state index in [0.717, 1.165) is 15.9 Å². The quantitative estimate of drug-likeness (QED) is 0.844. The monoisotopic (exact) mass is 367 g/mol. The zero-order valence-electron chi connectivity index (χ0n) is 11.6. The van der Waals surface area contributed by atoms with Crippen LogP contribution < -0.4 is 14.8 Å². The highest BCUT2D eigenvalue weighted by molar-refractivity contribution is 9.10. The van der Waals surface area contributed by atoms with Gasteiger partial charge >= 0.3 is 0 Å². The Labute approximate surface area is 137 Å². The minimum absolute atomic E-state index is 0.562. The molecule has 1 heterocycles. The molecule has 110 valence electrons. The highest BCUT2D eigenvalue weighted by Gasteiger charge is 2.15. The lowest BCUT2D eigenvalue weighted by atomic mass is 10.1. The zero-order valence-corrected chi connectivity index (χ0v) is 13.9. The summed E-state index contributed by atoms with van der Waals surface area (Å²) in [5, 5.41) is 3.97. The largest absolute Gasteiger partial charge is 0.486 e. The van der Waals surface area contributed by atoms with E-state index >= 15 is 0 Å². The maximum absolute atomic E-state index is 6.28. The van der Waals surface area contributed by atoms with Crippen molar-refractivity contribution in [3.8, 4) is 11.5 Å². The lowest BCUT2D eigenvalue weighted by molar-refractivity contribution is 0.171. The van der Waals surface area contributed by atoms with Crippen molar-refractivity contribution in [3.63, 3.8) is 0 Å². The third-order valence-corrected chi connectivity index (χ3v) is 4.36. The van der Waals surface area contributed by atoms with Gasteiger partial charge in [-0.05, 0) is 24.1 Å². The molecule has 0 saturated heterocycles. The van der Waals surface area contributed by atoms with E-state index in [4.69, 9.17) is 21.1 Å². The number of hydrogen-bond donors (Lipinski definition) is 1. The van der Waals surface area contributed by atoms with Gasteiger partial charge in [-0.25, -0.2) is 0 Å². The molecule has 1 aliphatic rings. The fraction of sp³-hybridized carbons (Fsp3) is 0.250. The number of ether oxygens (including phenoxy) is 2. The molecule has 0 unspecified atom stereocenters. The molecule has 1 aliphatic heterocycles. The molecule has 0 bridgehead atoms. The van der Waals surface area contributed by atoms with E-state index < -0.39 is 0 Å². The SMILES string of the molecule is Cc1ccc(CNc2cc3c(cc2Cl)OCCO3)c(Br)c1. The number of aryl methyl sites for hydroxylation is 1. The van der Waals surface area contributed by atoms with Gasteiger partial charge in [0.1, 0.15) is 13.2 Å². The molecule has 0 spiro atoms. The Bertz CT molecular complexity index is 676. The minimum Gasteiger partial charge on any atom is -0.486 e. The number of anilines is 1. The predicted octanol–water partition coefficient (Wildman–Crippen LogP) is 4.79. The van der Waals surface area contributed by atoms with Gasteiger partial charge in [0.05, 0.1) is 10.7 Å². The summed E-state index contributed by atoms with van der Waals surface area (Å²) in [5.74, 6) is 1.43. The summed E-state index contributed by atoms with van der Waals surface area (Å²) in [5.41, 5.74) is 3.24. The smallest absolute Gasteiger partial charge is 0.163 e. The van der Waals surface area contributed by atoms with Crippen LogP contribution in [0.5, 0.6) is 11.5 Å². The van der Waals surface area contributed by atoms with Gasteiger partial charge < -0.3 is 14.8 Å². The average molecular weight is 369 g/mol. The van der Waals surface area contributed by atoms with Crippen molar-refractivity contribution >= 4 is 33.2 Å². The van der Waals surface area contributed by atoms with Gasteiger partial charge in [-0.2, -0.15) is 0 Å². The van der Waals surface area contributed by atoms with E-state index in [1.165, 1.54) is 11.1 Å². The molecule has 0 aliphatic carbocycles. The fourth-order valence-corrected chi connectivity index (χ4v) is 3.04. The molecule has 0 amide bonds. The molecule has 0 atom stereocenters. The first-order valence-corrected chi connectivity index (χ1v) is 7.88. The van der Waals surface area contributed by atoms with E-state index in [0.29, 0.717) is 30.5 Å². The molecule has 3 nitrogen and oxygen atoms in total. The van der Waals surface area contributed by atoms with E-state index in [1.54, 1.807) is 6.07 Å². The van der Waals surface area contributed by atoms with Crippen molar-refractivity contribution in [2.45, 2.75) is 13.5 Å². The van der Waals surface area contributed by atoms with Gasteiger partial charge in [-0.15, -0.1) is 0 Å². The van der Waals surface area contributed by atoms with Crippen molar-refractivity contribution in [1.82, 2.24) is 0 Å². The Morgan fingerprint density at radius 1 is 1.14 bits per heavy atom. The van der Waals surface area contributed by atoms with Gasteiger partial charge in [0.25, 0.3) is 0 Å². The number of halogens is 2. The molecule has 0 radical (unpaired) electrons. The Balaban J connectivity index is 1.78. The van der Waals surface area contributed by atoms with Crippen molar-refractivity contribution in [2.75, 3.05) is 18.5 Å². The second-order valence-corrected chi connectivity index (χ2v) is 6.19. The summed E-state index contributed by atoms with van der Waals surface area (Å²) in [4.78, 5) is 0. The van der Waals surface area contributed by atoms with Crippen LogP contribution in [-0.4, -0.2) is 13.2 Å². The van der Waals surface area contributed by atoms with Gasteiger partial charge in [0.2, 0.25) is 0 Å². The van der Waals surface area contributed by atoms with Crippen LogP contribution in [0.3, 0.4) is 0 Å². The molecule has 0 aromatic heterocycles. The first kappa shape index (κ1) is 14.5. The molecule has 1 N–H and O–H groups in total. The first-order valence-electron chi connectivity index (χ1n) is 6.71. The lowest BCUT2D eigenvalue weighted by Gasteiger charge is -2.20. The minimum atomic E-state index is 0.562. The highest BCUT2D eigenvalue weighted by atomic mass is 79.9. The molecular formula is C16H15BrClNO2. The fourth-order valence-electron chi connectivity index (χ4n) is 2.19. The zero-order chi connectivity index (χ0) is 14.8. The van der Waals surface area contributed by atoms with E-state index in [-0.39, 0.29) is 0 Å². The molecular weight excluding hydrogens is 354 g/mol. The lowest BCUT2D eigenvalue weighted by Crippen LogP contribution is -2.15. The van der Waals surface area contributed by atoms with Crippen molar-refractivity contribution in [2.24, 2.45) is 0 Å². The van der Waals surface area contributed by atoms with Crippen molar-refractivity contribution in [1.29, 1.82) is 0 Å². The summed E-state index contributed by atoms with van der Waals surface area (Å²) < 4.78 is 12.2. The Morgan fingerprint density at radius 3 is 2.57 bits per heavy atom. The van der Waals surface area contributed by atoms with Gasteiger partial charge in [0, 0.05) is 23.2 Å². The number of fused-ring (bicyclic) bond motifs is 1. The van der Waals surface area contributed by atoms with Crippen LogP contribution >= 0.6 is 27.5 Å². The normalized spacial score (nSPS) is 13.1. The number of hydrogen-bond acceptors (Lipinski definition) is 3. The van der Waals surface area contributed by atoms with Gasteiger partial charge in [-0.1, -0.05) is 39.7 Å². The molecule has 0 saturated carbocycles. The highest BCUT2D eigenvalue weighted by Crippen LogP contribution is 2.38. The Morgan fingerprint density at radius 2 is 1.86 bits per heavy atom. The Hall–Kier alpha value is -1.39. The molecule has 21 heavy (non-hydrogen) atoms. The summed E-state index contributed by atoms with van der Waals surface area (Å²) in [7, 11) is 0. The maximum atomic E-state index is 6.28. The third-order valence-electron chi connectivity index (χ3n) is 3.31. The second-order valence-electron chi connectivity index (χ2n) is 4.92.